The molecule has 0 saturated carbocycles. The van der Waals surface area contributed by atoms with Gasteiger partial charge in [-0.1, -0.05) is 30.7 Å². The summed E-state index contributed by atoms with van der Waals surface area (Å²) < 4.78 is 13.4. The summed E-state index contributed by atoms with van der Waals surface area (Å²) in [6, 6.07) is 12.3. The maximum atomic E-state index is 13.4. The fraction of sp³-hybridized carbons (Fsp3) is 0.294. The van der Waals surface area contributed by atoms with Crippen LogP contribution in [0.5, 0.6) is 0 Å². The zero-order valence-electron chi connectivity index (χ0n) is 12.2. The quantitative estimate of drug-likeness (QED) is 0.798. The van der Waals surface area contributed by atoms with E-state index in [1.165, 1.54) is 17.7 Å². The molecule has 2 aromatic rings. The van der Waals surface area contributed by atoms with Crippen molar-refractivity contribution in [3.8, 4) is 0 Å². The van der Waals surface area contributed by atoms with E-state index in [0.29, 0.717) is 11.6 Å². The summed E-state index contributed by atoms with van der Waals surface area (Å²) in [5.74, 6) is -0.252. The highest BCUT2D eigenvalue weighted by Crippen LogP contribution is 2.20. The standard InChI is InChI=1S/C17H20ClFN2/c1-2-9-21(11-13-3-6-16(20)7-4-13)12-14-10-15(19)5-8-17(14)18/h3-8,10H,2,9,11-12,20H2,1H3. The average molecular weight is 307 g/mol. The van der Waals surface area contributed by atoms with E-state index in [-0.39, 0.29) is 5.82 Å². The first-order valence-electron chi connectivity index (χ1n) is 7.09. The van der Waals surface area contributed by atoms with E-state index >= 15 is 0 Å². The maximum Gasteiger partial charge on any atom is 0.123 e. The van der Waals surface area contributed by atoms with Gasteiger partial charge >= 0.3 is 0 Å². The zero-order chi connectivity index (χ0) is 15.2. The van der Waals surface area contributed by atoms with Gasteiger partial charge in [-0.25, -0.2) is 4.39 Å². The largest absolute Gasteiger partial charge is 0.399 e. The molecule has 0 aliphatic heterocycles. The van der Waals surface area contributed by atoms with E-state index < -0.39 is 0 Å². The predicted molar refractivity (Wildman–Crippen MR) is 86.7 cm³/mol. The molecule has 0 amide bonds. The molecule has 0 spiro atoms. The lowest BCUT2D eigenvalue weighted by atomic mass is 10.1. The van der Waals surface area contributed by atoms with Crippen LogP contribution in [0.4, 0.5) is 10.1 Å². The number of nitrogens with zero attached hydrogens (tertiary/aromatic N) is 1. The van der Waals surface area contributed by atoms with Gasteiger partial charge < -0.3 is 5.73 Å². The third-order valence-electron chi connectivity index (χ3n) is 3.33. The van der Waals surface area contributed by atoms with Gasteiger partial charge in [-0.2, -0.15) is 0 Å². The molecule has 0 aliphatic carbocycles. The van der Waals surface area contributed by atoms with Gasteiger partial charge in [-0.15, -0.1) is 0 Å². The number of hydrogen-bond donors (Lipinski definition) is 1. The van der Waals surface area contributed by atoms with E-state index in [1.54, 1.807) is 6.07 Å². The lowest BCUT2D eigenvalue weighted by Crippen LogP contribution is -2.23. The van der Waals surface area contributed by atoms with Gasteiger partial charge in [-0.3, -0.25) is 4.90 Å². The molecule has 2 rings (SSSR count). The third-order valence-corrected chi connectivity index (χ3v) is 3.70. The SMILES string of the molecule is CCCN(Cc1ccc(N)cc1)Cc1cc(F)ccc1Cl. The summed E-state index contributed by atoms with van der Waals surface area (Å²) in [7, 11) is 0. The number of anilines is 1. The van der Waals surface area contributed by atoms with Crippen molar-refractivity contribution >= 4 is 17.3 Å². The summed E-state index contributed by atoms with van der Waals surface area (Å²) in [5.41, 5.74) is 8.47. The predicted octanol–water partition coefficient (Wildman–Crippen LogP) is 4.47. The van der Waals surface area contributed by atoms with Crippen molar-refractivity contribution in [2.45, 2.75) is 26.4 Å². The highest BCUT2D eigenvalue weighted by Gasteiger charge is 2.10. The molecule has 0 bridgehead atoms. The molecule has 0 atom stereocenters. The lowest BCUT2D eigenvalue weighted by molar-refractivity contribution is 0.257. The lowest BCUT2D eigenvalue weighted by Gasteiger charge is -2.22. The second kappa shape index (κ2) is 7.43. The van der Waals surface area contributed by atoms with Gasteiger partial charge in [-0.05, 0) is 54.4 Å². The van der Waals surface area contributed by atoms with Crippen molar-refractivity contribution in [2.75, 3.05) is 12.3 Å². The Balaban J connectivity index is 2.11. The monoisotopic (exact) mass is 306 g/mol. The number of benzene rings is 2. The molecule has 0 aliphatic rings. The van der Waals surface area contributed by atoms with E-state index in [0.717, 1.165) is 30.8 Å². The maximum absolute atomic E-state index is 13.4. The molecule has 0 fully saturated rings. The highest BCUT2D eigenvalue weighted by atomic mass is 35.5. The molecule has 0 radical (unpaired) electrons. The first kappa shape index (κ1) is 15.8. The van der Waals surface area contributed by atoms with E-state index in [2.05, 4.69) is 11.8 Å². The minimum atomic E-state index is -0.252. The van der Waals surface area contributed by atoms with Crippen LogP contribution in [-0.4, -0.2) is 11.4 Å². The Kier molecular flexibility index (Phi) is 5.59. The van der Waals surface area contributed by atoms with Crippen LogP contribution in [0.15, 0.2) is 42.5 Å². The molecular weight excluding hydrogens is 287 g/mol. The Morgan fingerprint density at radius 1 is 1.10 bits per heavy atom. The van der Waals surface area contributed by atoms with E-state index in [4.69, 9.17) is 17.3 Å². The molecule has 0 aromatic heterocycles. The molecule has 2 aromatic carbocycles. The summed E-state index contributed by atoms with van der Waals surface area (Å²) in [4.78, 5) is 2.26. The van der Waals surface area contributed by atoms with Crippen molar-refractivity contribution in [3.63, 3.8) is 0 Å². The molecular formula is C17H20ClFN2. The second-order valence-electron chi connectivity index (χ2n) is 5.19. The second-order valence-corrected chi connectivity index (χ2v) is 5.60. The van der Waals surface area contributed by atoms with Gasteiger partial charge in [0.15, 0.2) is 0 Å². The van der Waals surface area contributed by atoms with Gasteiger partial charge in [0.2, 0.25) is 0 Å². The van der Waals surface area contributed by atoms with Gasteiger partial charge in [0.1, 0.15) is 5.82 Å². The highest BCUT2D eigenvalue weighted by molar-refractivity contribution is 6.31. The minimum Gasteiger partial charge on any atom is -0.399 e. The average Bonchev–Trinajstić information content (AvgIpc) is 2.45. The fourth-order valence-electron chi connectivity index (χ4n) is 2.32. The molecule has 0 saturated heterocycles. The van der Waals surface area contributed by atoms with Crippen LogP contribution in [0.3, 0.4) is 0 Å². The first-order chi connectivity index (χ1) is 10.1. The van der Waals surface area contributed by atoms with Crippen LogP contribution < -0.4 is 5.73 Å². The van der Waals surface area contributed by atoms with Crippen LogP contribution in [0.1, 0.15) is 24.5 Å². The number of halogens is 2. The normalized spacial score (nSPS) is 11.0. The van der Waals surface area contributed by atoms with Crippen molar-refractivity contribution in [2.24, 2.45) is 0 Å². The third kappa shape index (κ3) is 4.73. The molecule has 112 valence electrons. The van der Waals surface area contributed by atoms with Crippen LogP contribution in [0.25, 0.3) is 0 Å². The number of nitrogen functional groups attached to an aromatic ring is 1. The van der Waals surface area contributed by atoms with Gasteiger partial charge in [0, 0.05) is 23.8 Å². The zero-order valence-corrected chi connectivity index (χ0v) is 12.9. The first-order valence-corrected chi connectivity index (χ1v) is 7.47. The van der Waals surface area contributed by atoms with E-state index in [1.807, 2.05) is 24.3 Å². The molecule has 2 nitrogen and oxygen atoms in total. The Morgan fingerprint density at radius 2 is 1.81 bits per heavy atom. The Morgan fingerprint density at radius 3 is 2.48 bits per heavy atom. The van der Waals surface area contributed by atoms with Crippen molar-refractivity contribution in [1.29, 1.82) is 0 Å². The topological polar surface area (TPSA) is 29.3 Å². The summed E-state index contributed by atoms with van der Waals surface area (Å²) in [6.07, 6.45) is 1.03. The number of nitrogens with two attached hydrogens (primary N) is 1. The van der Waals surface area contributed by atoms with Crippen LogP contribution in [0.2, 0.25) is 5.02 Å². The molecule has 2 N–H and O–H groups in total. The summed E-state index contributed by atoms with van der Waals surface area (Å²) in [5, 5.41) is 0.606. The minimum absolute atomic E-state index is 0.252. The van der Waals surface area contributed by atoms with Crippen LogP contribution in [-0.2, 0) is 13.1 Å². The summed E-state index contributed by atoms with van der Waals surface area (Å²) >= 11 is 6.15. The smallest absolute Gasteiger partial charge is 0.123 e. The Hall–Kier alpha value is -1.58. The number of hydrogen-bond acceptors (Lipinski definition) is 2. The fourth-order valence-corrected chi connectivity index (χ4v) is 2.49. The van der Waals surface area contributed by atoms with Crippen molar-refractivity contribution in [3.05, 3.63) is 64.4 Å². The number of rotatable bonds is 6. The molecule has 0 unspecified atom stereocenters. The van der Waals surface area contributed by atoms with Gasteiger partial charge in [0.25, 0.3) is 0 Å². The summed E-state index contributed by atoms with van der Waals surface area (Å²) in [6.45, 7) is 4.48. The van der Waals surface area contributed by atoms with E-state index in [9.17, 15) is 4.39 Å². The van der Waals surface area contributed by atoms with Crippen molar-refractivity contribution < 1.29 is 4.39 Å². The Bertz CT molecular complexity index is 584. The van der Waals surface area contributed by atoms with Crippen LogP contribution in [0, 0.1) is 5.82 Å². The van der Waals surface area contributed by atoms with Crippen molar-refractivity contribution in [1.82, 2.24) is 4.90 Å². The molecule has 0 heterocycles. The molecule has 4 heteroatoms. The molecule has 21 heavy (non-hydrogen) atoms. The van der Waals surface area contributed by atoms with Crippen LogP contribution >= 0.6 is 11.6 Å². The van der Waals surface area contributed by atoms with Gasteiger partial charge in [0.05, 0.1) is 0 Å². The Labute approximate surface area is 130 Å².